The molecule has 1 aliphatic heterocycles. The molecule has 1 unspecified atom stereocenters. The van der Waals surface area contributed by atoms with E-state index in [1.807, 2.05) is 18.2 Å². The zero-order valence-electron chi connectivity index (χ0n) is 18.1. The number of carbonyl (C=O) groups excluding carboxylic acids is 1. The topological polar surface area (TPSA) is 73.1 Å². The van der Waals surface area contributed by atoms with E-state index in [0.29, 0.717) is 11.8 Å². The second-order valence-corrected chi connectivity index (χ2v) is 8.35. The van der Waals surface area contributed by atoms with Gasteiger partial charge in [-0.1, -0.05) is 24.6 Å². The summed E-state index contributed by atoms with van der Waals surface area (Å²) in [6.45, 7) is 7.41. The number of nitrogens with zero attached hydrogens (tertiary/aromatic N) is 3. The molecule has 1 atom stereocenters. The fraction of sp³-hybridized carbons (Fsp3) is 0.565. The molecule has 1 amide bonds. The molecule has 2 heterocycles. The molecule has 2 aliphatic rings. The summed E-state index contributed by atoms with van der Waals surface area (Å²) < 4.78 is 5.95. The zero-order valence-corrected chi connectivity index (χ0v) is 18.1. The summed E-state index contributed by atoms with van der Waals surface area (Å²) in [6.07, 6.45) is 3.38. The van der Waals surface area contributed by atoms with Crippen LogP contribution in [0.1, 0.15) is 38.0 Å². The van der Waals surface area contributed by atoms with Crippen LogP contribution in [-0.4, -0.2) is 68.0 Å². The number of rotatable bonds is 6. The van der Waals surface area contributed by atoms with Crippen molar-refractivity contribution < 1.29 is 9.21 Å². The van der Waals surface area contributed by atoms with Gasteiger partial charge in [-0.05, 0) is 31.9 Å². The molecule has 0 bridgehead atoms. The maximum absolute atomic E-state index is 12.4. The molecule has 0 spiro atoms. The van der Waals surface area contributed by atoms with E-state index in [4.69, 9.17) is 4.42 Å². The Labute approximate surface area is 178 Å². The van der Waals surface area contributed by atoms with Crippen LogP contribution in [0.2, 0.25) is 0 Å². The summed E-state index contributed by atoms with van der Waals surface area (Å²) in [5.74, 6) is 2.35. The number of furan rings is 1. The van der Waals surface area contributed by atoms with Gasteiger partial charge in [-0.2, -0.15) is 0 Å². The molecule has 7 heteroatoms. The summed E-state index contributed by atoms with van der Waals surface area (Å²) in [4.78, 5) is 21.2. The quantitative estimate of drug-likeness (QED) is 0.565. The Morgan fingerprint density at radius 1 is 1.23 bits per heavy atom. The van der Waals surface area contributed by atoms with Crippen molar-refractivity contribution in [3.8, 4) is 0 Å². The molecule has 4 rings (SSSR count). The van der Waals surface area contributed by atoms with Gasteiger partial charge in [0.05, 0.1) is 6.04 Å². The summed E-state index contributed by atoms with van der Waals surface area (Å²) in [5, 5.41) is 7.91. The molecule has 2 aromatic rings. The van der Waals surface area contributed by atoms with Gasteiger partial charge in [0.2, 0.25) is 5.91 Å². The molecule has 1 aromatic carbocycles. The molecule has 1 saturated heterocycles. The van der Waals surface area contributed by atoms with Gasteiger partial charge in [-0.15, -0.1) is 0 Å². The number of guanidine groups is 1. The van der Waals surface area contributed by atoms with Crippen LogP contribution >= 0.6 is 0 Å². The Morgan fingerprint density at radius 3 is 2.67 bits per heavy atom. The van der Waals surface area contributed by atoms with Crippen LogP contribution < -0.4 is 10.6 Å². The van der Waals surface area contributed by atoms with Crippen LogP contribution in [0.4, 0.5) is 0 Å². The van der Waals surface area contributed by atoms with Gasteiger partial charge in [0.15, 0.2) is 5.96 Å². The van der Waals surface area contributed by atoms with Crippen molar-refractivity contribution in [2.75, 3.05) is 46.3 Å². The molecule has 2 N–H and O–H groups in total. The summed E-state index contributed by atoms with van der Waals surface area (Å²) in [7, 11) is 1.78. The Balaban J connectivity index is 1.19. The molecule has 30 heavy (non-hydrogen) atoms. The molecular formula is C23H33N5O2. The number of hydrogen-bond donors (Lipinski definition) is 2. The lowest BCUT2D eigenvalue weighted by Gasteiger charge is -2.38. The van der Waals surface area contributed by atoms with E-state index in [1.54, 1.807) is 7.05 Å². The minimum Gasteiger partial charge on any atom is -0.459 e. The Kier molecular flexibility index (Phi) is 6.57. The minimum absolute atomic E-state index is 0.0182. The van der Waals surface area contributed by atoms with Gasteiger partial charge in [-0.25, -0.2) is 0 Å². The zero-order chi connectivity index (χ0) is 20.9. The smallest absolute Gasteiger partial charge is 0.225 e. The van der Waals surface area contributed by atoms with Crippen molar-refractivity contribution in [2.24, 2.45) is 10.9 Å². The van der Waals surface area contributed by atoms with Crippen LogP contribution in [0.25, 0.3) is 11.0 Å². The third-order valence-corrected chi connectivity index (χ3v) is 6.31. The Morgan fingerprint density at radius 2 is 2.00 bits per heavy atom. The molecule has 7 nitrogen and oxygen atoms in total. The van der Waals surface area contributed by atoms with E-state index in [1.165, 1.54) is 6.42 Å². The van der Waals surface area contributed by atoms with Crippen molar-refractivity contribution in [1.29, 1.82) is 0 Å². The number of piperazine rings is 1. The van der Waals surface area contributed by atoms with Crippen molar-refractivity contribution >= 4 is 22.8 Å². The van der Waals surface area contributed by atoms with Gasteiger partial charge in [0.25, 0.3) is 0 Å². The summed E-state index contributed by atoms with van der Waals surface area (Å²) >= 11 is 0. The first-order valence-corrected chi connectivity index (χ1v) is 11.1. The van der Waals surface area contributed by atoms with Crippen LogP contribution in [0, 0.1) is 5.92 Å². The third-order valence-electron chi connectivity index (χ3n) is 6.31. The number of carbonyl (C=O) groups is 1. The third kappa shape index (κ3) is 4.78. The molecular weight excluding hydrogens is 378 g/mol. The average molecular weight is 412 g/mol. The average Bonchev–Trinajstić information content (AvgIpc) is 3.16. The van der Waals surface area contributed by atoms with E-state index >= 15 is 0 Å². The monoisotopic (exact) mass is 411 g/mol. The van der Waals surface area contributed by atoms with Crippen molar-refractivity contribution in [3.63, 3.8) is 0 Å². The highest BCUT2D eigenvalue weighted by atomic mass is 16.3. The second kappa shape index (κ2) is 9.51. The highest BCUT2D eigenvalue weighted by molar-refractivity contribution is 5.81. The highest BCUT2D eigenvalue weighted by Gasteiger charge is 2.31. The minimum atomic E-state index is 0.0182. The van der Waals surface area contributed by atoms with Gasteiger partial charge < -0.3 is 20.0 Å². The lowest BCUT2D eigenvalue weighted by molar-refractivity contribution is -0.139. The maximum Gasteiger partial charge on any atom is 0.225 e. The highest BCUT2D eigenvalue weighted by Crippen LogP contribution is 2.28. The largest absolute Gasteiger partial charge is 0.459 e. The molecule has 1 saturated carbocycles. The lowest BCUT2D eigenvalue weighted by atomic mass is 9.84. The number of benzene rings is 1. The van der Waals surface area contributed by atoms with E-state index < -0.39 is 0 Å². The number of hydrogen-bond acceptors (Lipinski definition) is 4. The van der Waals surface area contributed by atoms with Crippen LogP contribution in [0.5, 0.6) is 0 Å². The van der Waals surface area contributed by atoms with Crippen molar-refractivity contribution in [1.82, 2.24) is 20.4 Å². The molecule has 0 radical (unpaired) electrons. The fourth-order valence-electron chi connectivity index (χ4n) is 4.12. The molecule has 2 fully saturated rings. The van der Waals surface area contributed by atoms with Gasteiger partial charge in [0, 0.05) is 57.6 Å². The van der Waals surface area contributed by atoms with Crippen LogP contribution in [-0.2, 0) is 4.79 Å². The molecule has 1 aromatic heterocycles. The van der Waals surface area contributed by atoms with Gasteiger partial charge in [0.1, 0.15) is 11.3 Å². The van der Waals surface area contributed by atoms with E-state index in [0.717, 1.165) is 74.8 Å². The summed E-state index contributed by atoms with van der Waals surface area (Å²) in [6, 6.07) is 10.1. The number of nitrogens with one attached hydrogen (secondary N) is 2. The van der Waals surface area contributed by atoms with Crippen molar-refractivity contribution in [2.45, 2.75) is 32.2 Å². The van der Waals surface area contributed by atoms with E-state index in [-0.39, 0.29) is 6.04 Å². The van der Waals surface area contributed by atoms with Gasteiger partial charge in [-0.3, -0.25) is 14.7 Å². The first-order chi connectivity index (χ1) is 14.6. The van der Waals surface area contributed by atoms with Crippen molar-refractivity contribution in [3.05, 3.63) is 36.1 Å². The number of para-hydroxylation sites is 1. The van der Waals surface area contributed by atoms with E-state index in [2.05, 4.69) is 44.5 Å². The predicted octanol–water partition coefficient (Wildman–Crippen LogP) is 2.60. The van der Waals surface area contributed by atoms with Crippen LogP contribution in [0.3, 0.4) is 0 Å². The molecule has 162 valence electrons. The normalized spacial score (nSPS) is 19.5. The SMILES string of the molecule is CN=C(NCCN1CCN(C(=O)C2CCC2)CC1)NC(C)c1cc2ccccc2o1. The predicted molar refractivity (Wildman–Crippen MR) is 119 cm³/mol. The van der Waals surface area contributed by atoms with Crippen LogP contribution in [0.15, 0.2) is 39.7 Å². The number of fused-ring (bicyclic) bond motifs is 1. The Hall–Kier alpha value is -2.54. The van der Waals surface area contributed by atoms with Gasteiger partial charge >= 0.3 is 0 Å². The number of aliphatic imine (C=N–C) groups is 1. The first-order valence-electron chi connectivity index (χ1n) is 11.1. The lowest BCUT2D eigenvalue weighted by Crippen LogP contribution is -2.52. The Bertz CT molecular complexity index is 848. The second-order valence-electron chi connectivity index (χ2n) is 8.35. The summed E-state index contributed by atoms with van der Waals surface area (Å²) in [5.41, 5.74) is 0.902. The molecule has 1 aliphatic carbocycles. The van der Waals surface area contributed by atoms with E-state index in [9.17, 15) is 4.79 Å². The standard InChI is InChI=1S/C23H33N5O2/c1-17(21-16-19-6-3-4-9-20(19)30-21)26-23(24-2)25-10-11-27-12-14-28(15-13-27)22(29)18-7-5-8-18/h3-4,6,9,16-18H,5,7-8,10-15H2,1-2H3,(H2,24,25,26). The first kappa shape index (κ1) is 20.7. The maximum atomic E-state index is 12.4. The fourth-order valence-corrected chi connectivity index (χ4v) is 4.12. The number of amides is 1.